The fraction of sp³-hybridized carbons (Fsp3) is 0.120. The van der Waals surface area contributed by atoms with E-state index in [1.54, 1.807) is 24.2 Å². The lowest BCUT2D eigenvalue weighted by molar-refractivity contribution is -0.122. The minimum absolute atomic E-state index is 0.118. The SMILES string of the molecule is COc1ccc(CN2C(=O)C(=Cc3ccc(OCc4ccc(Br)cc4)c(Cl)c3)SC2=S)cc1. The molecule has 1 saturated heterocycles. The van der Waals surface area contributed by atoms with Gasteiger partial charge in [-0.3, -0.25) is 9.69 Å². The molecule has 3 aromatic carbocycles. The van der Waals surface area contributed by atoms with E-state index in [1.165, 1.54) is 11.8 Å². The highest BCUT2D eigenvalue weighted by molar-refractivity contribution is 9.10. The van der Waals surface area contributed by atoms with Crippen LogP contribution in [0.2, 0.25) is 5.02 Å². The summed E-state index contributed by atoms with van der Waals surface area (Å²) in [7, 11) is 1.62. The van der Waals surface area contributed by atoms with Crippen LogP contribution in [0.1, 0.15) is 16.7 Å². The molecule has 0 N–H and O–H groups in total. The fourth-order valence-electron chi connectivity index (χ4n) is 3.17. The topological polar surface area (TPSA) is 38.8 Å². The zero-order valence-electron chi connectivity index (χ0n) is 17.6. The zero-order chi connectivity index (χ0) is 23.4. The molecule has 0 unspecified atom stereocenters. The maximum absolute atomic E-state index is 12.9. The molecular formula is C25H19BrClNO3S2. The van der Waals surface area contributed by atoms with Crippen molar-refractivity contribution in [2.24, 2.45) is 0 Å². The van der Waals surface area contributed by atoms with Gasteiger partial charge in [0.15, 0.2) is 0 Å². The molecule has 3 aromatic rings. The number of halogens is 2. The van der Waals surface area contributed by atoms with Crippen LogP contribution in [0.4, 0.5) is 0 Å². The van der Waals surface area contributed by atoms with Crippen molar-refractivity contribution >= 4 is 67.8 Å². The van der Waals surface area contributed by atoms with E-state index < -0.39 is 0 Å². The number of rotatable bonds is 7. The van der Waals surface area contributed by atoms with Gasteiger partial charge in [-0.05, 0) is 59.2 Å². The van der Waals surface area contributed by atoms with Crippen LogP contribution in [0.5, 0.6) is 11.5 Å². The van der Waals surface area contributed by atoms with Crippen molar-refractivity contribution < 1.29 is 14.3 Å². The van der Waals surface area contributed by atoms with Crippen molar-refractivity contribution in [1.29, 1.82) is 0 Å². The van der Waals surface area contributed by atoms with Crippen LogP contribution >= 0.6 is 51.5 Å². The van der Waals surface area contributed by atoms with Crippen LogP contribution in [-0.4, -0.2) is 22.2 Å². The van der Waals surface area contributed by atoms with E-state index >= 15 is 0 Å². The highest BCUT2D eigenvalue weighted by atomic mass is 79.9. The van der Waals surface area contributed by atoms with Crippen molar-refractivity contribution in [2.45, 2.75) is 13.2 Å². The van der Waals surface area contributed by atoms with E-state index in [1.807, 2.05) is 60.7 Å². The van der Waals surface area contributed by atoms with Crippen molar-refractivity contribution in [1.82, 2.24) is 4.90 Å². The lowest BCUT2D eigenvalue weighted by atomic mass is 10.2. The molecule has 0 radical (unpaired) electrons. The molecule has 0 aliphatic carbocycles. The van der Waals surface area contributed by atoms with E-state index in [2.05, 4.69) is 15.9 Å². The number of carbonyl (C=O) groups excluding carboxylic acids is 1. The van der Waals surface area contributed by atoms with Gasteiger partial charge in [0.1, 0.15) is 22.4 Å². The minimum Gasteiger partial charge on any atom is -0.497 e. The van der Waals surface area contributed by atoms with E-state index in [4.69, 9.17) is 33.3 Å². The number of hydrogen-bond donors (Lipinski definition) is 0. The van der Waals surface area contributed by atoms with Gasteiger partial charge in [0, 0.05) is 4.47 Å². The molecule has 4 rings (SSSR count). The number of nitrogens with zero attached hydrogens (tertiary/aromatic N) is 1. The Morgan fingerprint density at radius 1 is 1.06 bits per heavy atom. The Morgan fingerprint density at radius 2 is 1.76 bits per heavy atom. The summed E-state index contributed by atoms with van der Waals surface area (Å²) in [5.41, 5.74) is 2.82. The number of thiocarbonyl (C=S) groups is 1. The molecule has 33 heavy (non-hydrogen) atoms. The number of amides is 1. The van der Waals surface area contributed by atoms with Gasteiger partial charge in [-0.1, -0.05) is 81.8 Å². The summed E-state index contributed by atoms with van der Waals surface area (Å²) < 4.78 is 12.6. The monoisotopic (exact) mass is 559 g/mol. The molecule has 0 bridgehead atoms. The Bertz CT molecular complexity index is 1210. The Hall–Kier alpha value is -2.32. The lowest BCUT2D eigenvalue weighted by Gasteiger charge is -2.14. The Kier molecular flexibility index (Phi) is 7.75. The van der Waals surface area contributed by atoms with Gasteiger partial charge in [-0.15, -0.1) is 0 Å². The Labute approximate surface area is 215 Å². The molecule has 1 fully saturated rings. The summed E-state index contributed by atoms with van der Waals surface area (Å²) in [6.07, 6.45) is 1.80. The summed E-state index contributed by atoms with van der Waals surface area (Å²) in [5, 5.41) is 0.481. The average molecular weight is 561 g/mol. The second-order valence-electron chi connectivity index (χ2n) is 7.22. The second kappa shape index (κ2) is 10.7. The quantitative estimate of drug-likeness (QED) is 0.228. The van der Waals surface area contributed by atoms with Crippen LogP contribution < -0.4 is 9.47 Å². The first-order chi connectivity index (χ1) is 15.9. The first kappa shape index (κ1) is 23.8. The molecule has 1 aliphatic heterocycles. The Morgan fingerprint density at radius 3 is 2.42 bits per heavy atom. The molecule has 1 aliphatic rings. The molecular weight excluding hydrogens is 542 g/mol. The predicted octanol–water partition coefficient (Wildman–Crippen LogP) is 7.09. The van der Waals surface area contributed by atoms with Crippen LogP contribution in [0.3, 0.4) is 0 Å². The highest BCUT2D eigenvalue weighted by Crippen LogP contribution is 2.35. The van der Waals surface area contributed by atoms with Gasteiger partial charge in [0.25, 0.3) is 5.91 Å². The summed E-state index contributed by atoms with van der Waals surface area (Å²) >= 11 is 16.6. The second-order valence-corrected chi connectivity index (χ2v) is 10.2. The number of carbonyl (C=O) groups is 1. The third kappa shape index (κ3) is 5.98. The molecule has 0 aromatic heterocycles. The predicted molar refractivity (Wildman–Crippen MR) is 142 cm³/mol. The lowest BCUT2D eigenvalue weighted by Crippen LogP contribution is -2.27. The summed E-state index contributed by atoms with van der Waals surface area (Å²) in [6, 6.07) is 21.0. The number of benzene rings is 3. The molecule has 168 valence electrons. The molecule has 0 saturated carbocycles. The van der Waals surface area contributed by atoms with Crippen LogP contribution in [0.15, 0.2) is 76.1 Å². The fourth-order valence-corrected chi connectivity index (χ4v) is 4.93. The number of ether oxygens (including phenoxy) is 2. The van der Waals surface area contributed by atoms with Gasteiger partial charge >= 0.3 is 0 Å². The van der Waals surface area contributed by atoms with Crippen LogP contribution in [0, 0.1) is 0 Å². The molecule has 1 amide bonds. The van der Waals surface area contributed by atoms with Crippen LogP contribution in [-0.2, 0) is 17.9 Å². The van der Waals surface area contributed by atoms with Crippen molar-refractivity contribution in [3.05, 3.63) is 97.8 Å². The average Bonchev–Trinajstić information content (AvgIpc) is 3.07. The van der Waals surface area contributed by atoms with Crippen LogP contribution in [0.25, 0.3) is 6.08 Å². The van der Waals surface area contributed by atoms with Gasteiger partial charge in [0.2, 0.25) is 0 Å². The third-order valence-corrected chi connectivity index (χ3v) is 7.14. The Balaban J connectivity index is 1.43. The third-order valence-electron chi connectivity index (χ3n) is 4.93. The van der Waals surface area contributed by atoms with E-state index in [0.717, 1.165) is 26.9 Å². The summed E-state index contributed by atoms with van der Waals surface area (Å²) in [5.74, 6) is 1.24. The maximum atomic E-state index is 12.9. The summed E-state index contributed by atoms with van der Waals surface area (Å²) in [6.45, 7) is 0.825. The van der Waals surface area contributed by atoms with Crippen molar-refractivity contribution in [3.8, 4) is 11.5 Å². The molecule has 4 nitrogen and oxygen atoms in total. The first-order valence-electron chi connectivity index (χ1n) is 9.98. The maximum Gasteiger partial charge on any atom is 0.266 e. The zero-order valence-corrected chi connectivity index (χ0v) is 21.6. The van der Waals surface area contributed by atoms with Gasteiger partial charge < -0.3 is 9.47 Å². The van der Waals surface area contributed by atoms with E-state index in [0.29, 0.717) is 33.1 Å². The molecule has 0 spiro atoms. The summed E-state index contributed by atoms with van der Waals surface area (Å²) in [4.78, 5) is 15.1. The minimum atomic E-state index is -0.118. The highest BCUT2D eigenvalue weighted by Gasteiger charge is 2.32. The van der Waals surface area contributed by atoms with E-state index in [-0.39, 0.29) is 5.91 Å². The van der Waals surface area contributed by atoms with Gasteiger partial charge in [-0.25, -0.2) is 0 Å². The van der Waals surface area contributed by atoms with Gasteiger partial charge in [0.05, 0.1) is 23.6 Å². The van der Waals surface area contributed by atoms with Crippen molar-refractivity contribution in [2.75, 3.05) is 7.11 Å². The number of thioether (sulfide) groups is 1. The smallest absolute Gasteiger partial charge is 0.266 e. The normalized spacial score (nSPS) is 14.8. The first-order valence-corrected chi connectivity index (χ1v) is 12.4. The molecule has 8 heteroatoms. The standard InChI is InChI=1S/C25H19BrClNO3S2/c1-30-20-9-4-16(5-10-20)14-28-24(29)23(33-25(28)32)13-18-6-11-22(21(27)12-18)31-15-17-2-7-19(26)8-3-17/h2-13H,14-15H2,1H3. The molecule has 1 heterocycles. The van der Waals surface area contributed by atoms with Gasteiger partial charge in [-0.2, -0.15) is 0 Å². The number of hydrogen-bond acceptors (Lipinski definition) is 5. The van der Waals surface area contributed by atoms with E-state index in [9.17, 15) is 4.79 Å². The van der Waals surface area contributed by atoms with Crippen molar-refractivity contribution in [3.63, 3.8) is 0 Å². The number of methoxy groups -OCH3 is 1. The largest absolute Gasteiger partial charge is 0.497 e. The molecule has 0 atom stereocenters.